The van der Waals surface area contributed by atoms with E-state index in [-0.39, 0.29) is 17.8 Å². The van der Waals surface area contributed by atoms with E-state index in [1.165, 1.54) is 9.13 Å². The van der Waals surface area contributed by atoms with Gasteiger partial charge in [-0.3, -0.25) is 13.9 Å². The Kier molecular flexibility index (Phi) is 5.39. The molecule has 0 N–H and O–H groups in total. The van der Waals surface area contributed by atoms with E-state index in [0.29, 0.717) is 41.7 Å². The van der Waals surface area contributed by atoms with E-state index in [1.807, 2.05) is 58.9 Å². The SMILES string of the molecule is COc1ccc(N2CCCn3c2nc2c3c(=O)n(Cc3cccc(C)c3)c(=O)n2C)c(OC)c1. The Labute approximate surface area is 196 Å². The van der Waals surface area contributed by atoms with Crippen LogP contribution in [-0.2, 0) is 20.1 Å². The van der Waals surface area contributed by atoms with E-state index in [4.69, 9.17) is 14.5 Å². The predicted octanol–water partition coefficient (Wildman–Crippen LogP) is 2.81. The smallest absolute Gasteiger partial charge is 0.332 e. The van der Waals surface area contributed by atoms with Gasteiger partial charge in [-0.25, -0.2) is 4.79 Å². The van der Waals surface area contributed by atoms with Crippen LogP contribution in [0.3, 0.4) is 0 Å². The van der Waals surface area contributed by atoms with Gasteiger partial charge >= 0.3 is 5.69 Å². The summed E-state index contributed by atoms with van der Waals surface area (Å²) in [6, 6.07) is 13.4. The molecular formula is C25H27N5O4. The van der Waals surface area contributed by atoms with E-state index >= 15 is 0 Å². The summed E-state index contributed by atoms with van der Waals surface area (Å²) in [6.45, 7) is 3.54. The van der Waals surface area contributed by atoms with E-state index < -0.39 is 0 Å². The highest BCUT2D eigenvalue weighted by Gasteiger charge is 2.28. The number of methoxy groups -OCH3 is 2. The molecule has 176 valence electrons. The molecule has 0 amide bonds. The summed E-state index contributed by atoms with van der Waals surface area (Å²) in [5.41, 5.74) is 2.90. The Balaban J connectivity index is 1.69. The minimum absolute atomic E-state index is 0.208. The van der Waals surface area contributed by atoms with Crippen LogP contribution in [0.25, 0.3) is 11.2 Å². The van der Waals surface area contributed by atoms with Crippen LogP contribution in [0.5, 0.6) is 11.5 Å². The predicted molar refractivity (Wildman–Crippen MR) is 131 cm³/mol. The number of ether oxygens (including phenoxy) is 2. The summed E-state index contributed by atoms with van der Waals surface area (Å²) < 4.78 is 15.6. The summed E-state index contributed by atoms with van der Waals surface area (Å²) in [4.78, 5) is 33.5. The van der Waals surface area contributed by atoms with E-state index in [9.17, 15) is 9.59 Å². The summed E-state index contributed by atoms with van der Waals surface area (Å²) in [6.07, 6.45) is 0.813. The van der Waals surface area contributed by atoms with Gasteiger partial charge in [0.2, 0.25) is 5.95 Å². The molecule has 0 fully saturated rings. The number of benzene rings is 2. The zero-order valence-corrected chi connectivity index (χ0v) is 19.7. The van der Waals surface area contributed by atoms with Crippen molar-refractivity contribution in [2.45, 2.75) is 26.4 Å². The zero-order valence-electron chi connectivity index (χ0n) is 19.7. The molecule has 3 heterocycles. The molecule has 0 radical (unpaired) electrons. The summed E-state index contributed by atoms with van der Waals surface area (Å²) in [7, 11) is 4.88. The van der Waals surface area contributed by atoms with Crippen LogP contribution in [0.4, 0.5) is 11.6 Å². The lowest BCUT2D eigenvalue weighted by Crippen LogP contribution is -2.40. The Morgan fingerprint density at radius 2 is 1.85 bits per heavy atom. The molecule has 9 heteroatoms. The van der Waals surface area contributed by atoms with Crippen molar-refractivity contribution in [1.82, 2.24) is 18.7 Å². The first-order chi connectivity index (χ1) is 16.4. The maximum atomic E-state index is 13.6. The lowest BCUT2D eigenvalue weighted by Gasteiger charge is -2.30. The Morgan fingerprint density at radius 3 is 2.59 bits per heavy atom. The van der Waals surface area contributed by atoms with Gasteiger partial charge in [-0.15, -0.1) is 0 Å². The number of hydrogen-bond donors (Lipinski definition) is 0. The number of anilines is 2. The summed E-state index contributed by atoms with van der Waals surface area (Å²) >= 11 is 0. The van der Waals surface area contributed by atoms with Crippen molar-refractivity contribution >= 4 is 22.8 Å². The first-order valence-corrected chi connectivity index (χ1v) is 11.2. The van der Waals surface area contributed by atoms with E-state index in [0.717, 1.165) is 23.2 Å². The largest absolute Gasteiger partial charge is 0.497 e. The van der Waals surface area contributed by atoms with Crippen LogP contribution in [0.2, 0.25) is 0 Å². The average molecular weight is 462 g/mol. The first-order valence-electron chi connectivity index (χ1n) is 11.2. The number of aryl methyl sites for hydroxylation is 3. The molecular weight excluding hydrogens is 434 g/mol. The van der Waals surface area contributed by atoms with Crippen LogP contribution in [-0.4, -0.2) is 39.4 Å². The molecule has 2 aromatic heterocycles. The fourth-order valence-corrected chi connectivity index (χ4v) is 4.63. The molecule has 0 saturated carbocycles. The second-order valence-electron chi connectivity index (χ2n) is 8.50. The van der Waals surface area contributed by atoms with Gasteiger partial charge in [0, 0.05) is 26.2 Å². The second-order valence-corrected chi connectivity index (χ2v) is 8.50. The Bertz CT molecular complexity index is 1510. The lowest BCUT2D eigenvalue weighted by atomic mass is 10.1. The van der Waals surface area contributed by atoms with Gasteiger partial charge in [0.25, 0.3) is 5.56 Å². The Hall–Kier alpha value is -4.01. The fourth-order valence-electron chi connectivity index (χ4n) is 4.63. The normalized spacial score (nSPS) is 13.2. The second kappa shape index (κ2) is 8.40. The first kappa shape index (κ1) is 21.8. The fraction of sp³-hybridized carbons (Fsp3) is 0.320. The number of hydrogen-bond acceptors (Lipinski definition) is 6. The molecule has 5 rings (SSSR count). The minimum Gasteiger partial charge on any atom is -0.497 e. The van der Waals surface area contributed by atoms with Crippen molar-refractivity contribution in [3.63, 3.8) is 0 Å². The molecule has 1 aliphatic rings. The summed E-state index contributed by atoms with van der Waals surface area (Å²) in [5, 5.41) is 0. The molecule has 9 nitrogen and oxygen atoms in total. The van der Waals surface area contributed by atoms with Crippen LogP contribution in [0.15, 0.2) is 52.1 Å². The highest BCUT2D eigenvalue weighted by molar-refractivity contribution is 5.78. The van der Waals surface area contributed by atoms with E-state index in [2.05, 4.69) is 0 Å². The minimum atomic E-state index is -0.386. The van der Waals surface area contributed by atoms with Crippen molar-refractivity contribution < 1.29 is 9.47 Å². The van der Waals surface area contributed by atoms with E-state index in [1.54, 1.807) is 21.3 Å². The number of fused-ring (bicyclic) bond motifs is 3. The molecule has 4 aromatic rings. The molecule has 2 aromatic carbocycles. The third kappa shape index (κ3) is 3.44. The van der Waals surface area contributed by atoms with Crippen molar-refractivity contribution in [2.75, 3.05) is 25.7 Å². The molecule has 0 spiro atoms. The average Bonchev–Trinajstić information content (AvgIpc) is 3.25. The maximum absolute atomic E-state index is 13.6. The van der Waals surface area contributed by atoms with Crippen molar-refractivity contribution in [3.8, 4) is 11.5 Å². The van der Waals surface area contributed by atoms with Gasteiger partial charge in [-0.1, -0.05) is 29.8 Å². The molecule has 0 unspecified atom stereocenters. The highest BCUT2D eigenvalue weighted by Crippen LogP contribution is 2.38. The molecule has 0 bridgehead atoms. The third-order valence-corrected chi connectivity index (χ3v) is 6.32. The quantitative estimate of drug-likeness (QED) is 0.455. The van der Waals surface area contributed by atoms with Crippen molar-refractivity contribution in [3.05, 3.63) is 74.4 Å². The molecule has 0 saturated heterocycles. The van der Waals surface area contributed by atoms with Crippen LogP contribution in [0, 0.1) is 6.92 Å². The van der Waals surface area contributed by atoms with Crippen LogP contribution < -0.4 is 25.6 Å². The van der Waals surface area contributed by atoms with Crippen LogP contribution >= 0.6 is 0 Å². The van der Waals surface area contributed by atoms with Gasteiger partial charge in [0.1, 0.15) is 11.5 Å². The molecule has 1 aliphatic heterocycles. The molecule has 0 atom stereocenters. The van der Waals surface area contributed by atoms with Gasteiger partial charge in [-0.05, 0) is 31.0 Å². The third-order valence-electron chi connectivity index (χ3n) is 6.32. The highest BCUT2D eigenvalue weighted by atomic mass is 16.5. The Morgan fingerprint density at radius 1 is 1.03 bits per heavy atom. The maximum Gasteiger partial charge on any atom is 0.332 e. The summed E-state index contributed by atoms with van der Waals surface area (Å²) in [5.74, 6) is 1.95. The van der Waals surface area contributed by atoms with Gasteiger partial charge in [0.05, 0.1) is 26.5 Å². The number of imidazole rings is 1. The molecule has 34 heavy (non-hydrogen) atoms. The van der Waals surface area contributed by atoms with Crippen molar-refractivity contribution in [2.24, 2.45) is 7.05 Å². The number of rotatable bonds is 5. The standard InChI is InChI=1S/C25H27N5O4/c1-16-7-5-8-17(13-16)15-30-23(31)21-22(27(2)25(30)32)26-24-28(11-6-12-29(21)24)19-10-9-18(33-3)14-20(19)34-4/h5,7-10,13-14H,6,11-12,15H2,1-4H3. The van der Waals surface area contributed by atoms with Crippen molar-refractivity contribution in [1.29, 1.82) is 0 Å². The van der Waals surface area contributed by atoms with Gasteiger partial charge in [-0.2, -0.15) is 4.98 Å². The monoisotopic (exact) mass is 461 g/mol. The topological polar surface area (TPSA) is 83.5 Å². The molecule has 0 aliphatic carbocycles. The van der Waals surface area contributed by atoms with Crippen LogP contribution in [0.1, 0.15) is 17.5 Å². The lowest BCUT2D eigenvalue weighted by molar-refractivity contribution is 0.394. The number of aromatic nitrogens is 4. The zero-order chi connectivity index (χ0) is 24.0. The van der Waals surface area contributed by atoms with Gasteiger partial charge < -0.3 is 18.9 Å². The number of nitrogens with zero attached hydrogens (tertiary/aromatic N) is 5. The van der Waals surface area contributed by atoms with Gasteiger partial charge in [0.15, 0.2) is 11.2 Å².